The molecule has 0 atom stereocenters. The molecule has 1 nitrogen and oxygen atoms in total. The van der Waals surface area contributed by atoms with Crippen LogP contribution in [-0.2, 0) is 5.41 Å². The smallest absolute Gasteiger partial charge is 0.0546 e. The Hall–Kier alpha value is -7.26. The molecule has 288 valence electrons. The predicted octanol–water partition coefficient (Wildman–Crippen LogP) is 17.1. The van der Waals surface area contributed by atoms with E-state index in [-0.39, 0.29) is 5.41 Å². The molecular formula is C59H41NS. The molecule has 12 rings (SSSR count). The molecule has 11 aromatic rings. The van der Waals surface area contributed by atoms with Gasteiger partial charge in [0.15, 0.2) is 0 Å². The zero-order chi connectivity index (χ0) is 40.7. The first kappa shape index (κ1) is 35.7. The van der Waals surface area contributed by atoms with Crippen LogP contribution in [0.1, 0.15) is 25.0 Å². The van der Waals surface area contributed by atoms with Crippen molar-refractivity contribution in [2.75, 3.05) is 4.90 Å². The first-order valence-electron chi connectivity index (χ1n) is 21.2. The van der Waals surface area contributed by atoms with Gasteiger partial charge in [0.2, 0.25) is 0 Å². The molecule has 0 saturated carbocycles. The van der Waals surface area contributed by atoms with E-state index < -0.39 is 0 Å². The molecule has 0 unspecified atom stereocenters. The van der Waals surface area contributed by atoms with E-state index in [1.165, 1.54) is 97.4 Å². The van der Waals surface area contributed by atoms with Crippen molar-refractivity contribution in [3.8, 4) is 44.5 Å². The number of thiophene rings is 1. The molecule has 10 aromatic carbocycles. The van der Waals surface area contributed by atoms with Crippen molar-refractivity contribution >= 4 is 70.1 Å². The number of hydrogen-bond donors (Lipinski definition) is 0. The molecule has 0 aliphatic heterocycles. The van der Waals surface area contributed by atoms with E-state index >= 15 is 0 Å². The fraction of sp³-hybridized carbons (Fsp3) is 0.0508. The van der Waals surface area contributed by atoms with Crippen LogP contribution >= 0.6 is 11.3 Å². The highest BCUT2D eigenvalue weighted by molar-refractivity contribution is 7.25. The van der Waals surface area contributed by atoms with Gasteiger partial charge < -0.3 is 4.90 Å². The minimum atomic E-state index is -0.154. The molecule has 1 aromatic heterocycles. The number of fused-ring (bicyclic) bond motifs is 9. The lowest BCUT2D eigenvalue weighted by Gasteiger charge is -2.31. The van der Waals surface area contributed by atoms with Gasteiger partial charge in [0, 0.05) is 42.5 Å². The van der Waals surface area contributed by atoms with Crippen LogP contribution in [0.3, 0.4) is 0 Å². The van der Waals surface area contributed by atoms with Gasteiger partial charge in [-0.1, -0.05) is 172 Å². The van der Waals surface area contributed by atoms with Gasteiger partial charge in [0.05, 0.1) is 5.69 Å². The van der Waals surface area contributed by atoms with Gasteiger partial charge in [-0.2, -0.15) is 0 Å². The normalized spacial score (nSPS) is 12.9. The number of benzene rings is 10. The van der Waals surface area contributed by atoms with Crippen molar-refractivity contribution in [2.45, 2.75) is 19.3 Å². The van der Waals surface area contributed by atoms with E-state index in [2.05, 4.69) is 231 Å². The molecule has 1 aliphatic rings. The average Bonchev–Trinajstić information content (AvgIpc) is 3.80. The molecule has 1 aliphatic carbocycles. The van der Waals surface area contributed by atoms with Crippen LogP contribution < -0.4 is 4.90 Å². The van der Waals surface area contributed by atoms with E-state index in [1.54, 1.807) is 0 Å². The van der Waals surface area contributed by atoms with Crippen molar-refractivity contribution in [1.82, 2.24) is 0 Å². The Kier molecular flexibility index (Phi) is 8.13. The summed E-state index contributed by atoms with van der Waals surface area (Å²) in [7, 11) is 0. The molecule has 1 heterocycles. The van der Waals surface area contributed by atoms with Gasteiger partial charge in [-0.25, -0.2) is 0 Å². The third kappa shape index (κ3) is 5.67. The second-order valence-corrected chi connectivity index (χ2v) is 17.9. The highest BCUT2D eigenvalue weighted by atomic mass is 32.1. The molecule has 61 heavy (non-hydrogen) atoms. The van der Waals surface area contributed by atoms with Crippen LogP contribution in [0.2, 0.25) is 0 Å². The van der Waals surface area contributed by atoms with Gasteiger partial charge >= 0.3 is 0 Å². The maximum atomic E-state index is 2.52. The number of hydrogen-bond acceptors (Lipinski definition) is 2. The van der Waals surface area contributed by atoms with Crippen LogP contribution in [0.4, 0.5) is 17.1 Å². The fourth-order valence-electron chi connectivity index (χ4n) is 10.1. The summed E-state index contributed by atoms with van der Waals surface area (Å²) in [6, 6.07) is 78.9. The van der Waals surface area contributed by atoms with E-state index in [4.69, 9.17) is 0 Å². The van der Waals surface area contributed by atoms with Crippen molar-refractivity contribution in [2.24, 2.45) is 0 Å². The summed E-state index contributed by atoms with van der Waals surface area (Å²) in [5, 5.41) is 7.60. The maximum absolute atomic E-state index is 2.52. The lowest BCUT2D eigenvalue weighted by molar-refractivity contribution is 0.660. The summed E-state index contributed by atoms with van der Waals surface area (Å²) in [6.07, 6.45) is 0. The van der Waals surface area contributed by atoms with Crippen LogP contribution in [0.5, 0.6) is 0 Å². The van der Waals surface area contributed by atoms with Crippen molar-refractivity contribution < 1.29 is 0 Å². The summed E-state index contributed by atoms with van der Waals surface area (Å²) in [5.41, 5.74) is 15.8. The largest absolute Gasteiger partial charge is 0.310 e. The second-order valence-electron chi connectivity index (χ2n) is 16.9. The zero-order valence-electron chi connectivity index (χ0n) is 34.1. The number of rotatable bonds is 6. The SMILES string of the molecule is CC1(C)c2ccccc2-c2ccc(N(c3cccc(-c4ccccc4)c3)c3cccc(-c4cc5ccccc5c5ccccc45)c3-c3ccc4sc5ccccc5c4c3)cc21. The van der Waals surface area contributed by atoms with Gasteiger partial charge in [0.25, 0.3) is 0 Å². The minimum Gasteiger partial charge on any atom is -0.310 e. The van der Waals surface area contributed by atoms with Gasteiger partial charge in [-0.15, -0.1) is 11.3 Å². The molecule has 2 heteroatoms. The summed E-state index contributed by atoms with van der Waals surface area (Å²) < 4.78 is 2.61. The van der Waals surface area contributed by atoms with Crippen molar-refractivity contribution in [1.29, 1.82) is 0 Å². The van der Waals surface area contributed by atoms with Crippen molar-refractivity contribution in [3.05, 3.63) is 223 Å². The Bertz CT molecular complexity index is 3520. The maximum Gasteiger partial charge on any atom is 0.0546 e. The lowest BCUT2D eigenvalue weighted by atomic mass is 9.82. The third-order valence-electron chi connectivity index (χ3n) is 13.0. The summed E-state index contributed by atoms with van der Waals surface area (Å²) in [5.74, 6) is 0. The summed E-state index contributed by atoms with van der Waals surface area (Å²) >= 11 is 1.87. The van der Waals surface area contributed by atoms with Crippen LogP contribution in [0.25, 0.3) is 86.2 Å². The topological polar surface area (TPSA) is 3.24 Å². The summed E-state index contributed by atoms with van der Waals surface area (Å²) in [4.78, 5) is 2.52. The molecule has 0 N–H and O–H groups in total. The van der Waals surface area contributed by atoms with Crippen LogP contribution in [0, 0.1) is 0 Å². The quantitative estimate of drug-likeness (QED) is 0.152. The Labute approximate surface area is 360 Å². The van der Waals surface area contributed by atoms with E-state index in [9.17, 15) is 0 Å². The molecular weight excluding hydrogens is 755 g/mol. The highest BCUT2D eigenvalue weighted by Gasteiger charge is 2.36. The second kappa shape index (κ2) is 13.9. The van der Waals surface area contributed by atoms with Crippen LogP contribution in [0.15, 0.2) is 212 Å². The van der Waals surface area contributed by atoms with E-state index in [0.717, 1.165) is 17.1 Å². The Morgan fingerprint density at radius 1 is 0.361 bits per heavy atom. The predicted molar refractivity (Wildman–Crippen MR) is 263 cm³/mol. The fourth-order valence-corrected chi connectivity index (χ4v) is 11.2. The average molecular weight is 796 g/mol. The Morgan fingerprint density at radius 3 is 1.90 bits per heavy atom. The molecule has 0 bridgehead atoms. The zero-order valence-corrected chi connectivity index (χ0v) is 34.9. The molecule has 0 amide bonds. The van der Waals surface area contributed by atoms with Crippen LogP contribution in [-0.4, -0.2) is 0 Å². The Morgan fingerprint density at radius 2 is 1.02 bits per heavy atom. The highest BCUT2D eigenvalue weighted by Crippen LogP contribution is 2.53. The number of anilines is 3. The van der Waals surface area contributed by atoms with E-state index in [0.29, 0.717) is 0 Å². The number of nitrogens with zero attached hydrogens (tertiary/aromatic N) is 1. The standard InChI is InChI=1S/C59H41NS/c1-59(2)53-27-12-10-24-47(53)48-32-31-43(37-54(48)59)60(42-20-14-19-39(34-42)38-16-4-3-5-17-38)55-28-15-26-50(51-35-40-18-6-7-21-44(40)45-22-8-9-23-46(45)51)58(55)41-30-33-57-52(36-41)49-25-11-13-29-56(49)61-57/h3-37H,1-2H3. The van der Waals surface area contributed by atoms with Crippen molar-refractivity contribution in [3.63, 3.8) is 0 Å². The molecule has 0 saturated heterocycles. The lowest BCUT2D eigenvalue weighted by Crippen LogP contribution is -2.17. The Balaban J connectivity index is 1.18. The first-order chi connectivity index (χ1) is 30.0. The third-order valence-corrected chi connectivity index (χ3v) is 14.2. The monoisotopic (exact) mass is 795 g/mol. The first-order valence-corrected chi connectivity index (χ1v) is 22.0. The molecule has 0 radical (unpaired) electrons. The minimum absolute atomic E-state index is 0.154. The summed E-state index contributed by atoms with van der Waals surface area (Å²) in [6.45, 7) is 4.75. The van der Waals surface area contributed by atoms with E-state index in [1.807, 2.05) is 11.3 Å². The van der Waals surface area contributed by atoms with Gasteiger partial charge in [-0.3, -0.25) is 0 Å². The van der Waals surface area contributed by atoms with Gasteiger partial charge in [-0.05, 0) is 126 Å². The molecule has 0 fully saturated rings. The molecule has 0 spiro atoms. The van der Waals surface area contributed by atoms with Gasteiger partial charge in [0.1, 0.15) is 0 Å².